The van der Waals surface area contributed by atoms with Gasteiger partial charge in [-0.25, -0.2) is 0 Å². The monoisotopic (exact) mass is 280 g/mol. The van der Waals surface area contributed by atoms with Crippen LogP contribution in [0.3, 0.4) is 0 Å². The van der Waals surface area contributed by atoms with Gasteiger partial charge in [-0.05, 0) is 33.8 Å². The molecule has 1 aliphatic rings. The second kappa shape index (κ2) is 6.70. The SMILES string of the molecule is CC(C)N1CCOC(C(N)Cc2ccn(C(C)C)n2)C1. The van der Waals surface area contributed by atoms with Crippen LogP contribution >= 0.6 is 0 Å². The summed E-state index contributed by atoms with van der Waals surface area (Å²) in [6.45, 7) is 11.4. The molecule has 1 fully saturated rings. The normalized spacial score (nSPS) is 22.6. The van der Waals surface area contributed by atoms with E-state index < -0.39 is 0 Å². The molecule has 0 spiro atoms. The van der Waals surface area contributed by atoms with Crippen molar-refractivity contribution in [3.8, 4) is 0 Å². The lowest BCUT2D eigenvalue weighted by atomic mass is 10.0. The molecule has 0 amide bonds. The van der Waals surface area contributed by atoms with Crippen LogP contribution in [0.15, 0.2) is 12.3 Å². The van der Waals surface area contributed by atoms with E-state index in [0.29, 0.717) is 12.1 Å². The van der Waals surface area contributed by atoms with Crippen molar-refractivity contribution in [2.45, 2.75) is 58.3 Å². The van der Waals surface area contributed by atoms with Gasteiger partial charge in [-0.1, -0.05) is 0 Å². The first-order valence-electron chi connectivity index (χ1n) is 7.62. The third-order valence-corrected chi connectivity index (χ3v) is 3.97. The molecule has 2 atom stereocenters. The molecule has 5 nitrogen and oxygen atoms in total. The summed E-state index contributed by atoms with van der Waals surface area (Å²) in [4.78, 5) is 2.43. The Morgan fingerprint density at radius 2 is 2.10 bits per heavy atom. The van der Waals surface area contributed by atoms with Gasteiger partial charge in [0.1, 0.15) is 0 Å². The van der Waals surface area contributed by atoms with E-state index in [1.165, 1.54) is 0 Å². The van der Waals surface area contributed by atoms with Gasteiger partial charge < -0.3 is 10.5 Å². The highest BCUT2D eigenvalue weighted by atomic mass is 16.5. The summed E-state index contributed by atoms with van der Waals surface area (Å²) in [5, 5.41) is 4.57. The summed E-state index contributed by atoms with van der Waals surface area (Å²) in [5.74, 6) is 0. The summed E-state index contributed by atoms with van der Waals surface area (Å²) in [6.07, 6.45) is 2.90. The van der Waals surface area contributed by atoms with Gasteiger partial charge >= 0.3 is 0 Å². The molecular weight excluding hydrogens is 252 g/mol. The average molecular weight is 280 g/mol. The minimum absolute atomic E-state index is 0.00654. The highest BCUT2D eigenvalue weighted by molar-refractivity contribution is 5.03. The van der Waals surface area contributed by atoms with Gasteiger partial charge in [-0.3, -0.25) is 9.58 Å². The summed E-state index contributed by atoms with van der Waals surface area (Å²) in [6, 6.07) is 3.01. The molecule has 0 radical (unpaired) electrons. The fraction of sp³-hybridized carbons (Fsp3) is 0.800. The minimum atomic E-state index is 0.00654. The van der Waals surface area contributed by atoms with Gasteiger partial charge in [-0.2, -0.15) is 5.10 Å². The van der Waals surface area contributed by atoms with Crippen LogP contribution in [0.1, 0.15) is 39.4 Å². The Morgan fingerprint density at radius 3 is 2.70 bits per heavy atom. The number of morpholine rings is 1. The zero-order valence-corrected chi connectivity index (χ0v) is 13.1. The first kappa shape index (κ1) is 15.5. The van der Waals surface area contributed by atoms with Crippen molar-refractivity contribution in [1.29, 1.82) is 0 Å². The Morgan fingerprint density at radius 1 is 1.35 bits per heavy atom. The van der Waals surface area contributed by atoms with E-state index in [9.17, 15) is 0 Å². The van der Waals surface area contributed by atoms with Gasteiger partial charge in [0.25, 0.3) is 0 Å². The molecular formula is C15H28N4O. The van der Waals surface area contributed by atoms with Crippen molar-refractivity contribution in [2.75, 3.05) is 19.7 Å². The molecule has 1 aromatic heterocycles. The Kier molecular flexibility index (Phi) is 5.18. The van der Waals surface area contributed by atoms with Crippen LogP contribution in [-0.4, -0.2) is 52.6 Å². The molecule has 114 valence electrons. The largest absolute Gasteiger partial charge is 0.374 e. The molecule has 0 aromatic carbocycles. The van der Waals surface area contributed by atoms with Crippen molar-refractivity contribution in [2.24, 2.45) is 5.73 Å². The highest BCUT2D eigenvalue weighted by Gasteiger charge is 2.27. The fourth-order valence-electron chi connectivity index (χ4n) is 2.57. The van der Waals surface area contributed by atoms with Gasteiger partial charge in [0.15, 0.2) is 0 Å². The molecule has 0 aliphatic carbocycles. The summed E-state index contributed by atoms with van der Waals surface area (Å²) in [5.41, 5.74) is 7.38. The molecule has 0 saturated carbocycles. The Hall–Kier alpha value is -0.910. The lowest BCUT2D eigenvalue weighted by Gasteiger charge is -2.37. The fourth-order valence-corrected chi connectivity index (χ4v) is 2.57. The lowest BCUT2D eigenvalue weighted by Crippen LogP contribution is -2.53. The molecule has 2 N–H and O–H groups in total. The predicted octanol–water partition coefficient (Wildman–Crippen LogP) is 1.44. The van der Waals surface area contributed by atoms with Crippen molar-refractivity contribution in [1.82, 2.24) is 14.7 Å². The first-order chi connectivity index (χ1) is 9.47. The zero-order valence-electron chi connectivity index (χ0n) is 13.1. The van der Waals surface area contributed by atoms with Crippen LogP contribution in [0.2, 0.25) is 0 Å². The molecule has 2 unspecified atom stereocenters. The highest BCUT2D eigenvalue weighted by Crippen LogP contribution is 2.14. The van der Waals surface area contributed by atoms with Crippen LogP contribution in [0.4, 0.5) is 0 Å². The number of hydrogen-bond donors (Lipinski definition) is 1. The number of hydrogen-bond acceptors (Lipinski definition) is 4. The van der Waals surface area contributed by atoms with Crippen molar-refractivity contribution in [3.05, 3.63) is 18.0 Å². The van der Waals surface area contributed by atoms with Crippen LogP contribution < -0.4 is 5.73 Å². The maximum Gasteiger partial charge on any atom is 0.0857 e. The van der Waals surface area contributed by atoms with E-state index >= 15 is 0 Å². The Balaban J connectivity index is 1.91. The van der Waals surface area contributed by atoms with Crippen LogP contribution in [0.5, 0.6) is 0 Å². The third-order valence-electron chi connectivity index (χ3n) is 3.97. The van der Waals surface area contributed by atoms with Gasteiger partial charge in [0.2, 0.25) is 0 Å². The van der Waals surface area contributed by atoms with E-state index in [2.05, 4.69) is 43.8 Å². The van der Waals surface area contributed by atoms with Crippen LogP contribution in [0.25, 0.3) is 0 Å². The van der Waals surface area contributed by atoms with Gasteiger partial charge in [0, 0.05) is 43.8 Å². The van der Waals surface area contributed by atoms with E-state index in [-0.39, 0.29) is 12.1 Å². The zero-order chi connectivity index (χ0) is 14.7. The predicted molar refractivity (Wildman–Crippen MR) is 80.7 cm³/mol. The van der Waals surface area contributed by atoms with E-state index in [1.54, 1.807) is 0 Å². The number of nitrogens with zero attached hydrogens (tertiary/aromatic N) is 3. The molecule has 0 bridgehead atoms. The smallest absolute Gasteiger partial charge is 0.0857 e. The molecule has 1 aromatic rings. The quantitative estimate of drug-likeness (QED) is 0.887. The summed E-state index contributed by atoms with van der Waals surface area (Å²) < 4.78 is 7.82. The van der Waals surface area contributed by atoms with Crippen molar-refractivity contribution < 1.29 is 4.74 Å². The third kappa shape index (κ3) is 3.81. The second-order valence-corrected chi connectivity index (χ2v) is 6.25. The lowest BCUT2D eigenvalue weighted by molar-refractivity contribution is -0.0496. The molecule has 20 heavy (non-hydrogen) atoms. The van der Waals surface area contributed by atoms with E-state index in [0.717, 1.165) is 31.8 Å². The van der Waals surface area contributed by atoms with Crippen molar-refractivity contribution in [3.63, 3.8) is 0 Å². The molecule has 2 heterocycles. The first-order valence-corrected chi connectivity index (χ1v) is 7.62. The summed E-state index contributed by atoms with van der Waals surface area (Å²) >= 11 is 0. The second-order valence-electron chi connectivity index (χ2n) is 6.25. The van der Waals surface area contributed by atoms with E-state index in [1.807, 2.05) is 10.9 Å². The summed E-state index contributed by atoms with van der Waals surface area (Å²) in [7, 11) is 0. The standard InChI is InChI=1S/C15H28N4O/c1-11(2)18-7-8-20-15(10-18)14(16)9-13-5-6-19(17-13)12(3)4/h5-6,11-12,14-15H,7-10,16H2,1-4H3. The van der Waals surface area contributed by atoms with Crippen LogP contribution in [-0.2, 0) is 11.2 Å². The number of rotatable bonds is 5. The number of nitrogens with two attached hydrogens (primary N) is 1. The van der Waals surface area contributed by atoms with E-state index in [4.69, 9.17) is 10.5 Å². The minimum Gasteiger partial charge on any atom is -0.374 e. The average Bonchev–Trinajstić information content (AvgIpc) is 2.87. The molecule has 2 rings (SSSR count). The molecule has 1 aliphatic heterocycles. The maximum atomic E-state index is 6.33. The maximum absolute atomic E-state index is 6.33. The Bertz CT molecular complexity index is 416. The molecule has 1 saturated heterocycles. The number of ether oxygens (including phenoxy) is 1. The molecule has 5 heteroatoms. The van der Waals surface area contributed by atoms with Crippen LogP contribution in [0, 0.1) is 0 Å². The van der Waals surface area contributed by atoms with Gasteiger partial charge in [0.05, 0.1) is 18.4 Å². The van der Waals surface area contributed by atoms with Gasteiger partial charge in [-0.15, -0.1) is 0 Å². The van der Waals surface area contributed by atoms with Crippen molar-refractivity contribution >= 4 is 0 Å². The topological polar surface area (TPSA) is 56.3 Å². The number of aromatic nitrogens is 2. The Labute approximate surface area is 122 Å².